The second kappa shape index (κ2) is 6.88. The number of carbonyl (C=O) groups is 1. The molecule has 128 valence electrons. The number of nitrogens with two attached hydrogens (primary N) is 1. The number of carboxylic acid groups (broad SMARTS) is 1. The molecule has 0 saturated heterocycles. The average Bonchev–Trinajstić information content (AvgIpc) is 2.48. The van der Waals surface area contributed by atoms with Crippen molar-refractivity contribution in [3.05, 3.63) is 52.3 Å². The fourth-order valence-corrected chi connectivity index (χ4v) is 2.54. The summed E-state index contributed by atoms with van der Waals surface area (Å²) in [4.78, 5) is 10.9. The molecule has 24 heavy (non-hydrogen) atoms. The first kappa shape index (κ1) is 17.7. The van der Waals surface area contributed by atoms with Gasteiger partial charge in [0.1, 0.15) is 17.5 Å². The molecule has 0 bridgehead atoms. The van der Waals surface area contributed by atoms with E-state index in [4.69, 9.17) is 15.6 Å². The maximum Gasteiger partial charge on any atom is 0.320 e. The highest BCUT2D eigenvalue weighted by Gasteiger charge is 2.15. The number of hydrogen-bond acceptors (Lipinski definition) is 4. The summed E-state index contributed by atoms with van der Waals surface area (Å²) in [5, 5.41) is 18.4. The van der Waals surface area contributed by atoms with E-state index in [0.29, 0.717) is 11.3 Å². The Hall–Kier alpha value is -2.60. The highest BCUT2D eigenvalue weighted by molar-refractivity contribution is 5.73. The first-order valence-corrected chi connectivity index (χ1v) is 7.44. The predicted octanol–water partition coefficient (Wildman–Crippen LogP) is 3.20. The smallest absolute Gasteiger partial charge is 0.320 e. The second-order valence-electron chi connectivity index (χ2n) is 5.88. The number of carboxylic acids is 1. The number of phenols is 1. The molecule has 6 heteroatoms. The topological polar surface area (TPSA) is 92.8 Å². The Morgan fingerprint density at radius 1 is 1.17 bits per heavy atom. The number of aryl methyl sites for hydroxylation is 3. The van der Waals surface area contributed by atoms with E-state index in [9.17, 15) is 14.3 Å². The number of ether oxygens (including phenoxy) is 1. The molecule has 0 aliphatic carbocycles. The fourth-order valence-electron chi connectivity index (χ4n) is 2.54. The van der Waals surface area contributed by atoms with Gasteiger partial charge >= 0.3 is 5.97 Å². The monoisotopic (exact) mass is 333 g/mol. The van der Waals surface area contributed by atoms with Crippen LogP contribution in [0.3, 0.4) is 0 Å². The van der Waals surface area contributed by atoms with Crippen molar-refractivity contribution >= 4 is 5.97 Å². The summed E-state index contributed by atoms with van der Waals surface area (Å²) in [7, 11) is 0. The van der Waals surface area contributed by atoms with Crippen molar-refractivity contribution in [2.75, 3.05) is 0 Å². The highest BCUT2D eigenvalue weighted by Crippen LogP contribution is 2.33. The van der Waals surface area contributed by atoms with Crippen LogP contribution in [0.25, 0.3) is 0 Å². The molecule has 1 unspecified atom stereocenters. The largest absolute Gasteiger partial charge is 0.505 e. The molecule has 2 rings (SSSR count). The molecule has 0 amide bonds. The maximum atomic E-state index is 13.6. The number of hydrogen-bond donors (Lipinski definition) is 3. The van der Waals surface area contributed by atoms with E-state index in [0.717, 1.165) is 22.8 Å². The van der Waals surface area contributed by atoms with Crippen LogP contribution in [0, 0.1) is 26.6 Å². The van der Waals surface area contributed by atoms with Gasteiger partial charge in [-0.15, -0.1) is 0 Å². The van der Waals surface area contributed by atoms with E-state index in [1.54, 1.807) is 25.1 Å². The summed E-state index contributed by atoms with van der Waals surface area (Å²) in [6, 6.07) is 5.30. The van der Waals surface area contributed by atoms with Crippen LogP contribution in [0.5, 0.6) is 17.2 Å². The first-order chi connectivity index (χ1) is 11.2. The average molecular weight is 333 g/mol. The molecule has 5 nitrogen and oxygen atoms in total. The van der Waals surface area contributed by atoms with Crippen molar-refractivity contribution in [1.82, 2.24) is 0 Å². The molecular weight excluding hydrogens is 313 g/mol. The minimum atomic E-state index is -1.05. The number of aliphatic carboxylic acids is 1. The van der Waals surface area contributed by atoms with Crippen molar-refractivity contribution in [2.24, 2.45) is 5.73 Å². The zero-order chi connectivity index (χ0) is 18.0. The molecular formula is C18H20FNO4. The van der Waals surface area contributed by atoms with Gasteiger partial charge in [0, 0.05) is 6.07 Å². The second-order valence-corrected chi connectivity index (χ2v) is 5.88. The molecule has 4 N–H and O–H groups in total. The summed E-state index contributed by atoms with van der Waals surface area (Å²) in [6.07, 6.45) is 0.213. The quantitative estimate of drug-likeness (QED) is 0.781. The van der Waals surface area contributed by atoms with Gasteiger partial charge in [-0.05, 0) is 55.5 Å². The van der Waals surface area contributed by atoms with Gasteiger partial charge in [0.05, 0.1) is 0 Å². The van der Waals surface area contributed by atoms with E-state index in [2.05, 4.69) is 0 Å². The lowest BCUT2D eigenvalue weighted by Crippen LogP contribution is -2.32. The van der Waals surface area contributed by atoms with Crippen LogP contribution in [0.1, 0.15) is 22.3 Å². The van der Waals surface area contributed by atoms with Crippen molar-refractivity contribution in [3.63, 3.8) is 0 Å². The molecule has 0 spiro atoms. The maximum absolute atomic E-state index is 13.6. The Labute approximate surface area is 139 Å². The van der Waals surface area contributed by atoms with Gasteiger partial charge in [-0.3, -0.25) is 4.79 Å². The van der Waals surface area contributed by atoms with Crippen molar-refractivity contribution in [1.29, 1.82) is 0 Å². The van der Waals surface area contributed by atoms with E-state index in [1.807, 2.05) is 13.8 Å². The van der Waals surface area contributed by atoms with Crippen LogP contribution < -0.4 is 10.5 Å². The summed E-state index contributed by atoms with van der Waals surface area (Å²) in [5.41, 5.74) is 8.30. The Morgan fingerprint density at radius 3 is 2.25 bits per heavy atom. The lowest BCUT2D eigenvalue weighted by atomic mass is 10.0. The summed E-state index contributed by atoms with van der Waals surface area (Å²) < 4.78 is 19.4. The zero-order valence-electron chi connectivity index (χ0n) is 13.8. The molecule has 0 aliphatic rings. The molecule has 0 heterocycles. The van der Waals surface area contributed by atoms with E-state index >= 15 is 0 Å². The molecule has 2 aromatic rings. The summed E-state index contributed by atoms with van der Waals surface area (Å²) in [6.45, 7) is 5.23. The van der Waals surface area contributed by atoms with Crippen LogP contribution in [0.2, 0.25) is 0 Å². The molecule has 1 atom stereocenters. The number of rotatable bonds is 5. The number of phenolic OH excluding ortho intramolecular Hbond substituents is 1. The van der Waals surface area contributed by atoms with E-state index < -0.39 is 23.6 Å². The summed E-state index contributed by atoms with van der Waals surface area (Å²) >= 11 is 0. The van der Waals surface area contributed by atoms with Crippen LogP contribution in [0.15, 0.2) is 24.3 Å². The standard InChI is InChI=1S/C18H20FNO4/c1-9-6-13(8-14(19)16(9)21)24-17-10(2)4-12(5-11(17)3)7-15(20)18(22)23/h4-6,8,15,21H,7,20H2,1-3H3,(H,22,23). The van der Waals surface area contributed by atoms with E-state index in [-0.39, 0.29) is 12.2 Å². The third-order valence-electron chi connectivity index (χ3n) is 3.74. The van der Waals surface area contributed by atoms with Gasteiger partial charge in [-0.2, -0.15) is 0 Å². The molecule has 2 aromatic carbocycles. The SMILES string of the molecule is Cc1cc(Oc2c(C)cc(CC(N)C(=O)O)cc2C)cc(F)c1O. The Balaban J connectivity index is 2.30. The highest BCUT2D eigenvalue weighted by atomic mass is 19.1. The third kappa shape index (κ3) is 3.83. The zero-order valence-corrected chi connectivity index (χ0v) is 13.8. The normalized spacial score (nSPS) is 12.0. The van der Waals surface area contributed by atoms with Crippen molar-refractivity contribution < 1.29 is 24.1 Å². The van der Waals surface area contributed by atoms with Crippen molar-refractivity contribution in [2.45, 2.75) is 33.2 Å². The van der Waals surface area contributed by atoms with Crippen LogP contribution in [0.4, 0.5) is 4.39 Å². The Kier molecular flexibility index (Phi) is 5.09. The minimum Gasteiger partial charge on any atom is -0.505 e. The minimum absolute atomic E-state index is 0.213. The van der Waals surface area contributed by atoms with Gasteiger partial charge in [0.15, 0.2) is 11.6 Å². The van der Waals surface area contributed by atoms with Gasteiger partial charge in [-0.25, -0.2) is 4.39 Å². The number of benzene rings is 2. The summed E-state index contributed by atoms with van der Waals surface area (Å²) in [5.74, 6) is -1.35. The Bertz CT molecular complexity index is 743. The molecule has 0 fully saturated rings. The molecule has 0 aromatic heterocycles. The Morgan fingerprint density at radius 2 is 1.75 bits per heavy atom. The lowest BCUT2D eigenvalue weighted by Gasteiger charge is -2.15. The van der Waals surface area contributed by atoms with Crippen LogP contribution in [-0.4, -0.2) is 22.2 Å². The van der Waals surface area contributed by atoms with Crippen molar-refractivity contribution in [3.8, 4) is 17.2 Å². The van der Waals surface area contributed by atoms with Gasteiger partial charge in [-0.1, -0.05) is 12.1 Å². The molecule has 0 radical (unpaired) electrons. The lowest BCUT2D eigenvalue weighted by molar-refractivity contribution is -0.138. The number of aromatic hydroxyl groups is 1. The van der Waals surface area contributed by atoms with Gasteiger partial charge < -0.3 is 20.7 Å². The number of halogens is 1. The molecule has 0 aliphatic heterocycles. The predicted molar refractivity (Wildman–Crippen MR) is 88.1 cm³/mol. The van der Waals surface area contributed by atoms with Crippen LogP contribution >= 0.6 is 0 Å². The van der Waals surface area contributed by atoms with Crippen LogP contribution in [-0.2, 0) is 11.2 Å². The molecule has 0 saturated carbocycles. The van der Waals surface area contributed by atoms with Gasteiger partial charge in [0.25, 0.3) is 0 Å². The van der Waals surface area contributed by atoms with E-state index in [1.165, 1.54) is 0 Å². The fraction of sp³-hybridized carbons (Fsp3) is 0.278. The van der Waals surface area contributed by atoms with Gasteiger partial charge in [0.2, 0.25) is 0 Å². The third-order valence-corrected chi connectivity index (χ3v) is 3.74. The first-order valence-electron chi connectivity index (χ1n) is 7.44.